The minimum absolute atomic E-state index is 1.16. The first-order valence-electron chi connectivity index (χ1n) is 13.1. The molecular formula is C36H24N2. The van der Waals surface area contributed by atoms with Crippen LogP contribution >= 0.6 is 0 Å². The van der Waals surface area contributed by atoms with E-state index < -0.39 is 0 Å². The van der Waals surface area contributed by atoms with Gasteiger partial charge in [0.25, 0.3) is 0 Å². The van der Waals surface area contributed by atoms with Crippen LogP contribution in [0.2, 0.25) is 0 Å². The van der Waals surface area contributed by atoms with Gasteiger partial charge < -0.3 is 9.13 Å². The molecule has 38 heavy (non-hydrogen) atoms. The van der Waals surface area contributed by atoms with Gasteiger partial charge in [-0.05, 0) is 53.6 Å². The lowest BCUT2D eigenvalue weighted by Gasteiger charge is -2.14. The van der Waals surface area contributed by atoms with E-state index >= 15 is 0 Å². The Morgan fingerprint density at radius 2 is 0.842 bits per heavy atom. The Kier molecular flexibility index (Phi) is 4.55. The molecule has 0 aliphatic carbocycles. The monoisotopic (exact) mass is 484 g/mol. The predicted octanol–water partition coefficient (Wildman–Crippen LogP) is 9.55. The lowest BCUT2D eigenvalue weighted by molar-refractivity contribution is 1.15. The summed E-state index contributed by atoms with van der Waals surface area (Å²) in [7, 11) is 0. The molecule has 0 aliphatic rings. The molecule has 0 saturated carbocycles. The van der Waals surface area contributed by atoms with Crippen LogP contribution in [0.3, 0.4) is 0 Å². The molecule has 2 heteroatoms. The van der Waals surface area contributed by atoms with Gasteiger partial charge in [-0.15, -0.1) is 0 Å². The molecule has 6 aromatic carbocycles. The molecule has 0 aliphatic heterocycles. The third-order valence-corrected chi connectivity index (χ3v) is 7.68. The first kappa shape index (κ1) is 21.0. The Hall–Kier alpha value is -5.08. The highest BCUT2D eigenvalue weighted by molar-refractivity contribution is 6.28. The molecular weight excluding hydrogens is 460 g/mol. The molecule has 0 unspecified atom stereocenters. The summed E-state index contributed by atoms with van der Waals surface area (Å²) in [5, 5.41) is 5.06. The van der Waals surface area contributed by atoms with Crippen LogP contribution in [0.5, 0.6) is 0 Å². The summed E-state index contributed by atoms with van der Waals surface area (Å²) in [6, 6.07) is 52.3. The number of rotatable bonds is 3. The molecule has 2 heterocycles. The van der Waals surface area contributed by atoms with E-state index in [1.165, 1.54) is 54.7 Å². The van der Waals surface area contributed by atoms with E-state index in [9.17, 15) is 0 Å². The van der Waals surface area contributed by atoms with Crippen LogP contribution in [0.25, 0.3) is 66.1 Å². The van der Waals surface area contributed by atoms with Crippen molar-refractivity contribution in [1.82, 2.24) is 9.13 Å². The topological polar surface area (TPSA) is 9.86 Å². The van der Waals surface area contributed by atoms with E-state index in [0.29, 0.717) is 0 Å². The first-order valence-corrected chi connectivity index (χ1v) is 13.1. The van der Waals surface area contributed by atoms with Gasteiger partial charge in [0.15, 0.2) is 0 Å². The van der Waals surface area contributed by atoms with E-state index in [-0.39, 0.29) is 0 Å². The predicted molar refractivity (Wildman–Crippen MR) is 161 cm³/mol. The number of nitrogens with zero attached hydrogens (tertiary/aromatic N) is 2. The molecule has 0 atom stereocenters. The largest absolute Gasteiger partial charge is 0.307 e. The fraction of sp³-hybridized carbons (Fsp3) is 0. The van der Waals surface area contributed by atoms with Crippen molar-refractivity contribution in [1.29, 1.82) is 0 Å². The molecule has 0 bridgehead atoms. The van der Waals surface area contributed by atoms with Gasteiger partial charge in [0.1, 0.15) is 0 Å². The van der Waals surface area contributed by atoms with Crippen LogP contribution in [-0.2, 0) is 0 Å². The highest BCUT2D eigenvalue weighted by atomic mass is 15.0. The Balaban J connectivity index is 1.72. The lowest BCUT2D eigenvalue weighted by atomic mass is 9.96. The van der Waals surface area contributed by atoms with Crippen molar-refractivity contribution in [3.05, 3.63) is 146 Å². The minimum Gasteiger partial charge on any atom is -0.307 e. The Morgan fingerprint density at radius 3 is 1.47 bits per heavy atom. The van der Waals surface area contributed by atoms with Crippen LogP contribution in [0.15, 0.2) is 146 Å². The van der Waals surface area contributed by atoms with Crippen molar-refractivity contribution in [3.8, 4) is 22.5 Å². The summed E-state index contributed by atoms with van der Waals surface area (Å²) in [5.41, 5.74) is 9.70. The number of fused-ring (bicyclic) bond motifs is 7. The molecule has 0 N–H and O–H groups in total. The molecule has 0 fully saturated rings. The van der Waals surface area contributed by atoms with Gasteiger partial charge in [0.2, 0.25) is 0 Å². The van der Waals surface area contributed by atoms with Gasteiger partial charge in [0.05, 0.1) is 22.1 Å². The van der Waals surface area contributed by atoms with Crippen molar-refractivity contribution in [2.75, 3.05) is 0 Å². The molecule has 8 rings (SSSR count). The zero-order chi connectivity index (χ0) is 25.1. The average Bonchev–Trinajstić information content (AvgIpc) is 3.51. The van der Waals surface area contributed by atoms with Crippen LogP contribution in [0.4, 0.5) is 0 Å². The highest BCUT2D eigenvalue weighted by Crippen LogP contribution is 2.46. The summed E-state index contributed by atoms with van der Waals surface area (Å²) >= 11 is 0. The van der Waals surface area contributed by atoms with Gasteiger partial charge in [-0.25, -0.2) is 0 Å². The van der Waals surface area contributed by atoms with E-state index in [1.54, 1.807) is 0 Å². The molecule has 0 amide bonds. The van der Waals surface area contributed by atoms with Crippen LogP contribution in [0.1, 0.15) is 0 Å². The smallest absolute Gasteiger partial charge is 0.0795 e. The maximum absolute atomic E-state index is 2.46. The third-order valence-electron chi connectivity index (χ3n) is 7.68. The van der Waals surface area contributed by atoms with Crippen molar-refractivity contribution in [2.24, 2.45) is 0 Å². The fourth-order valence-corrected chi connectivity index (χ4v) is 6.13. The fourth-order valence-electron chi connectivity index (χ4n) is 6.13. The van der Waals surface area contributed by atoms with Gasteiger partial charge in [-0.2, -0.15) is 0 Å². The molecule has 8 aromatic rings. The van der Waals surface area contributed by atoms with Crippen molar-refractivity contribution >= 4 is 43.6 Å². The zero-order valence-corrected chi connectivity index (χ0v) is 20.8. The summed E-state index contributed by atoms with van der Waals surface area (Å²) in [6.07, 6.45) is 0. The highest BCUT2D eigenvalue weighted by Gasteiger charge is 2.23. The summed E-state index contributed by atoms with van der Waals surface area (Å²) in [6.45, 7) is 0. The maximum atomic E-state index is 2.46. The molecule has 178 valence electrons. The van der Waals surface area contributed by atoms with Gasteiger partial charge in [-0.1, -0.05) is 103 Å². The van der Waals surface area contributed by atoms with Crippen LogP contribution in [0, 0.1) is 0 Å². The van der Waals surface area contributed by atoms with E-state index in [0.717, 1.165) is 11.4 Å². The second-order valence-corrected chi connectivity index (χ2v) is 9.79. The van der Waals surface area contributed by atoms with E-state index in [2.05, 4.69) is 155 Å². The SMILES string of the molecule is c1ccc(-c2cc3c4ccccc4n(-c4ccccc4)c3c3c2c2ccccc2n3-c2ccccc2)cc1. The van der Waals surface area contributed by atoms with Crippen LogP contribution in [-0.4, -0.2) is 9.13 Å². The van der Waals surface area contributed by atoms with Gasteiger partial charge >= 0.3 is 0 Å². The number of hydrogen-bond donors (Lipinski definition) is 0. The molecule has 0 saturated heterocycles. The number of para-hydroxylation sites is 4. The van der Waals surface area contributed by atoms with Gasteiger partial charge in [-0.3, -0.25) is 0 Å². The van der Waals surface area contributed by atoms with Gasteiger partial charge in [0, 0.05) is 32.9 Å². The Bertz CT molecular complexity index is 2100. The summed E-state index contributed by atoms with van der Waals surface area (Å²) in [4.78, 5) is 0. The normalized spacial score (nSPS) is 11.7. The quantitative estimate of drug-likeness (QED) is 0.236. The molecule has 2 nitrogen and oxygen atoms in total. The lowest BCUT2D eigenvalue weighted by Crippen LogP contribution is -1.98. The average molecular weight is 485 g/mol. The minimum atomic E-state index is 1.16. The summed E-state index contributed by atoms with van der Waals surface area (Å²) in [5.74, 6) is 0. The first-order chi connectivity index (χ1) is 18.9. The summed E-state index contributed by atoms with van der Waals surface area (Å²) < 4.78 is 4.90. The maximum Gasteiger partial charge on any atom is 0.0795 e. The zero-order valence-electron chi connectivity index (χ0n) is 20.8. The second-order valence-electron chi connectivity index (χ2n) is 9.79. The molecule has 0 radical (unpaired) electrons. The van der Waals surface area contributed by atoms with E-state index in [1.807, 2.05) is 0 Å². The van der Waals surface area contributed by atoms with Crippen molar-refractivity contribution in [3.63, 3.8) is 0 Å². The Labute approximate surface area is 220 Å². The second kappa shape index (κ2) is 8.22. The van der Waals surface area contributed by atoms with Crippen molar-refractivity contribution in [2.45, 2.75) is 0 Å². The van der Waals surface area contributed by atoms with Crippen LogP contribution < -0.4 is 0 Å². The third kappa shape index (κ3) is 2.95. The molecule has 2 aromatic heterocycles. The standard InChI is InChI=1S/C36H24N2/c1-4-14-25(15-5-1)30-24-31-28-20-10-12-22-32(28)37(26-16-6-2-7-17-26)35(31)36-34(30)29-21-11-13-23-33(29)38(36)27-18-8-3-9-19-27/h1-24H. The number of benzene rings is 6. The number of aromatic nitrogens is 2. The molecule has 0 spiro atoms. The number of hydrogen-bond acceptors (Lipinski definition) is 0. The Morgan fingerprint density at radius 1 is 0.368 bits per heavy atom. The van der Waals surface area contributed by atoms with Crippen molar-refractivity contribution < 1.29 is 0 Å². The van der Waals surface area contributed by atoms with E-state index in [4.69, 9.17) is 0 Å².